The molecule has 0 amide bonds. The monoisotopic (exact) mass is 582 g/mol. The maximum absolute atomic E-state index is 11.4. The van der Waals surface area contributed by atoms with E-state index in [-0.39, 0.29) is 12.2 Å². The van der Waals surface area contributed by atoms with E-state index in [4.69, 9.17) is 34.4 Å². The number of halogens is 2. The minimum absolute atomic E-state index is 0.112. The van der Waals surface area contributed by atoms with Gasteiger partial charge in [-0.25, -0.2) is 24.2 Å². The van der Waals surface area contributed by atoms with Crippen LogP contribution in [0.2, 0.25) is 10.0 Å². The van der Waals surface area contributed by atoms with Gasteiger partial charge in [-0.05, 0) is 52.0 Å². The molecule has 2 aromatic carbocycles. The van der Waals surface area contributed by atoms with Gasteiger partial charge in [0.2, 0.25) is 0 Å². The standard InChI is InChI=1S/C14H14ClN3O2.C8H6ClN3.C6H8O2/c1-10(2)20-13(19)6-7-18-9-16-14(17-18)11-4-3-5-12(15)8-11;9-7-3-1-2-6(4-7)8-10-5-11-12-8;1-4-6(7)8-5(2)3/h3-10H,1-2H3;1-5H,(H,10,11,12);1,5H,2-3H3/b7-6-;;. The van der Waals surface area contributed by atoms with Crippen molar-refractivity contribution < 1.29 is 19.1 Å². The molecule has 0 aliphatic heterocycles. The first-order valence-electron chi connectivity index (χ1n) is 11.9. The molecule has 10 nitrogen and oxygen atoms in total. The van der Waals surface area contributed by atoms with Gasteiger partial charge in [0.1, 0.15) is 12.7 Å². The van der Waals surface area contributed by atoms with E-state index in [1.165, 1.54) is 29.6 Å². The van der Waals surface area contributed by atoms with Crippen molar-refractivity contribution in [3.8, 4) is 35.1 Å². The number of aromatic amines is 1. The van der Waals surface area contributed by atoms with Crippen LogP contribution in [0.4, 0.5) is 0 Å². The summed E-state index contributed by atoms with van der Waals surface area (Å²) in [7, 11) is 0. The molecule has 0 unspecified atom stereocenters. The number of aromatic nitrogens is 6. The molecule has 0 fully saturated rings. The quantitative estimate of drug-likeness (QED) is 0.132. The van der Waals surface area contributed by atoms with E-state index in [2.05, 4.69) is 30.0 Å². The number of ether oxygens (including phenoxy) is 2. The van der Waals surface area contributed by atoms with Crippen LogP contribution in [0.1, 0.15) is 27.7 Å². The van der Waals surface area contributed by atoms with Gasteiger partial charge >= 0.3 is 11.9 Å². The van der Waals surface area contributed by atoms with Crippen LogP contribution >= 0.6 is 23.2 Å². The summed E-state index contributed by atoms with van der Waals surface area (Å²) in [6.45, 7) is 7.07. The minimum Gasteiger partial charge on any atom is -0.460 e. The zero-order valence-corrected chi connectivity index (χ0v) is 23.8. The number of carbonyl (C=O) groups excluding carboxylic acids is 2. The summed E-state index contributed by atoms with van der Waals surface area (Å²) in [5.74, 6) is 2.09. The normalized spacial score (nSPS) is 10.3. The van der Waals surface area contributed by atoms with Crippen molar-refractivity contribution in [1.29, 1.82) is 0 Å². The van der Waals surface area contributed by atoms with Crippen LogP contribution in [0.5, 0.6) is 0 Å². The molecule has 4 aromatic rings. The molecule has 0 saturated carbocycles. The summed E-state index contributed by atoms with van der Waals surface area (Å²) < 4.78 is 10.9. The number of nitrogens with zero attached hydrogens (tertiary/aromatic N) is 5. The molecule has 0 radical (unpaired) electrons. The summed E-state index contributed by atoms with van der Waals surface area (Å²) in [4.78, 5) is 29.7. The second-order valence-corrected chi connectivity index (χ2v) is 9.18. The molecular weight excluding hydrogens is 555 g/mol. The van der Waals surface area contributed by atoms with E-state index >= 15 is 0 Å². The van der Waals surface area contributed by atoms with Gasteiger partial charge in [-0.2, -0.15) is 5.10 Å². The molecule has 0 bridgehead atoms. The summed E-state index contributed by atoms with van der Waals surface area (Å²) in [5.41, 5.74) is 1.76. The molecule has 12 heteroatoms. The zero-order chi connectivity index (χ0) is 29.5. The fourth-order valence-electron chi connectivity index (χ4n) is 2.74. The van der Waals surface area contributed by atoms with Gasteiger partial charge < -0.3 is 9.47 Å². The lowest BCUT2D eigenvalue weighted by Gasteiger charge is -2.03. The third kappa shape index (κ3) is 11.9. The topological polar surface area (TPSA) is 125 Å². The number of terminal acetylenes is 1. The largest absolute Gasteiger partial charge is 0.460 e. The number of H-pyrrole nitrogens is 1. The van der Waals surface area contributed by atoms with Gasteiger partial charge in [0, 0.05) is 39.4 Å². The van der Waals surface area contributed by atoms with Gasteiger partial charge in [-0.1, -0.05) is 47.5 Å². The first-order valence-corrected chi connectivity index (χ1v) is 12.7. The number of nitrogens with one attached hydrogen (secondary N) is 1. The first-order chi connectivity index (χ1) is 19.1. The van der Waals surface area contributed by atoms with Gasteiger partial charge in [0.25, 0.3) is 0 Å². The Labute approximate surface area is 242 Å². The Balaban J connectivity index is 0.000000237. The van der Waals surface area contributed by atoms with E-state index in [0.717, 1.165) is 17.0 Å². The van der Waals surface area contributed by atoms with Crippen LogP contribution in [-0.2, 0) is 19.1 Å². The van der Waals surface area contributed by atoms with E-state index in [1.807, 2.05) is 42.3 Å². The van der Waals surface area contributed by atoms with Crippen molar-refractivity contribution in [1.82, 2.24) is 29.9 Å². The fourth-order valence-corrected chi connectivity index (χ4v) is 3.12. The number of benzene rings is 2. The van der Waals surface area contributed by atoms with Crippen LogP contribution in [0.15, 0.2) is 67.3 Å². The third-order valence-electron chi connectivity index (χ3n) is 4.28. The third-order valence-corrected chi connectivity index (χ3v) is 4.75. The Hall–Kier alpha value is -4.46. The minimum atomic E-state index is -0.597. The molecule has 0 aliphatic carbocycles. The number of rotatable bonds is 6. The number of carbonyl (C=O) groups is 2. The molecule has 0 aliphatic rings. The number of hydrogen-bond acceptors (Lipinski definition) is 8. The molecule has 2 aromatic heterocycles. The van der Waals surface area contributed by atoms with Gasteiger partial charge in [-0.15, -0.1) is 11.5 Å². The fraction of sp³-hybridized carbons (Fsp3) is 0.214. The second kappa shape index (κ2) is 16.5. The SMILES string of the molecule is C#CC(=O)OC(C)C.CC(C)OC(=O)/C=C\n1cnc(-c2cccc(Cl)c2)n1.Clc1cccc(-c2ncn[nH]2)c1. The Morgan fingerprint density at radius 2 is 1.60 bits per heavy atom. The van der Waals surface area contributed by atoms with E-state index in [0.29, 0.717) is 15.9 Å². The van der Waals surface area contributed by atoms with Crippen LogP contribution < -0.4 is 0 Å². The van der Waals surface area contributed by atoms with Crippen molar-refractivity contribution in [2.45, 2.75) is 39.9 Å². The average molecular weight is 583 g/mol. The van der Waals surface area contributed by atoms with Gasteiger partial charge in [0.15, 0.2) is 11.6 Å². The number of hydrogen-bond donors (Lipinski definition) is 1. The maximum atomic E-state index is 11.4. The Kier molecular flexibility index (Phi) is 13.1. The molecule has 0 atom stereocenters. The maximum Gasteiger partial charge on any atom is 0.384 e. The van der Waals surface area contributed by atoms with Gasteiger partial charge in [0.05, 0.1) is 12.2 Å². The smallest absolute Gasteiger partial charge is 0.384 e. The summed E-state index contributed by atoms with van der Waals surface area (Å²) >= 11 is 11.7. The molecule has 0 spiro atoms. The Morgan fingerprint density at radius 1 is 0.975 bits per heavy atom. The van der Waals surface area contributed by atoms with E-state index in [1.54, 1.807) is 39.8 Å². The van der Waals surface area contributed by atoms with Crippen molar-refractivity contribution in [3.05, 3.63) is 77.3 Å². The molecule has 4 rings (SSSR count). The highest BCUT2D eigenvalue weighted by atomic mass is 35.5. The van der Waals surface area contributed by atoms with Crippen molar-refractivity contribution >= 4 is 41.3 Å². The zero-order valence-electron chi connectivity index (χ0n) is 22.3. The molecule has 1 N–H and O–H groups in total. The summed E-state index contributed by atoms with van der Waals surface area (Å²) in [6, 6.07) is 14.7. The predicted molar refractivity (Wildman–Crippen MR) is 154 cm³/mol. The lowest BCUT2D eigenvalue weighted by atomic mass is 10.2. The Bertz CT molecular complexity index is 1440. The highest BCUT2D eigenvalue weighted by molar-refractivity contribution is 6.31. The Morgan fingerprint density at radius 3 is 2.12 bits per heavy atom. The van der Waals surface area contributed by atoms with Crippen LogP contribution in [0, 0.1) is 12.3 Å². The molecule has 2 heterocycles. The van der Waals surface area contributed by atoms with Crippen molar-refractivity contribution in [2.24, 2.45) is 0 Å². The molecule has 0 saturated heterocycles. The van der Waals surface area contributed by atoms with Crippen LogP contribution in [-0.4, -0.2) is 54.1 Å². The van der Waals surface area contributed by atoms with E-state index < -0.39 is 11.9 Å². The number of esters is 2. The van der Waals surface area contributed by atoms with Crippen LogP contribution in [0.3, 0.4) is 0 Å². The molecule has 40 heavy (non-hydrogen) atoms. The van der Waals surface area contributed by atoms with Crippen LogP contribution in [0.25, 0.3) is 29.0 Å². The predicted octanol–water partition coefficient (Wildman–Crippen LogP) is 5.72. The first kappa shape index (κ1) is 31.8. The lowest BCUT2D eigenvalue weighted by Crippen LogP contribution is -2.08. The van der Waals surface area contributed by atoms with Crippen molar-refractivity contribution in [2.75, 3.05) is 0 Å². The lowest BCUT2D eigenvalue weighted by molar-refractivity contribution is -0.141. The van der Waals surface area contributed by atoms with E-state index in [9.17, 15) is 9.59 Å². The van der Waals surface area contributed by atoms with Gasteiger partial charge in [-0.3, -0.25) is 5.10 Å². The average Bonchev–Trinajstić information content (AvgIpc) is 3.60. The summed E-state index contributed by atoms with van der Waals surface area (Å²) in [5, 5.41) is 12.1. The highest BCUT2D eigenvalue weighted by Gasteiger charge is 2.05. The second-order valence-electron chi connectivity index (χ2n) is 8.30. The summed E-state index contributed by atoms with van der Waals surface area (Å²) in [6.07, 6.45) is 10.2. The van der Waals surface area contributed by atoms with Crippen molar-refractivity contribution in [3.63, 3.8) is 0 Å². The molecule has 208 valence electrons. The molecular formula is C28H28Cl2N6O4. The highest BCUT2D eigenvalue weighted by Crippen LogP contribution is 2.19.